The summed E-state index contributed by atoms with van der Waals surface area (Å²) in [6.45, 7) is 1.40. The molecule has 0 bridgehead atoms. The lowest BCUT2D eigenvalue weighted by molar-refractivity contribution is 0.0174. The normalized spacial score (nSPS) is 18.9. The van der Waals surface area contributed by atoms with E-state index in [-0.39, 0.29) is 11.0 Å². The van der Waals surface area contributed by atoms with Crippen molar-refractivity contribution < 1.29 is 8.78 Å². The van der Waals surface area contributed by atoms with Crippen LogP contribution >= 0.6 is 11.6 Å². The van der Waals surface area contributed by atoms with Crippen LogP contribution in [0.25, 0.3) is 0 Å². The third kappa shape index (κ3) is 2.18. The highest BCUT2D eigenvalue weighted by atomic mass is 35.5. The molecule has 17 heavy (non-hydrogen) atoms. The highest BCUT2D eigenvalue weighted by Gasteiger charge is 2.39. The van der Waals surface area contributed by atoms with Crippen LogP contribution in [0.5, 0.6) is 0 Å². The molecule has 0 aliphatic heterocycles. The molecule has 0 atom stereocenters. The first-order valence-electron chi connectivity index (χ1n) is 5.77. The minimum Gasteiger partial charge on any atom is -0.330 e. The Morgan fingerprint density at radius 3 is 2.41 bits per heavy atom. The molecule has 2 rings (SSSR count). The van der Waals surface area contributed by atoms with Gasteiger partial charge in [0.1, 0.15) is 0 Å². The van der Waals surface area contributed by atoms with Gasteiger partial charge in [0, 0.05) is 29.5 Å². The second kappa shape index (κ2) is 4.21. The van der Waals surface area contributed by atoms with Crippen molar-refractivity contribution in [2.45, 2.75) is 37.5 Å². The number of nitrogens with two attached hydrogens (primary N) is 1. The molecule has 2 N–H and O–H groups in total. The maximum Gasteiger partial charge on any atom is 0.270 e. The van der Waals surface area contributed by atoms with Gasteiger partial charge in [-0.1, -0.05) is 30.2 Å². The molecule has 4 heteroatoms. The third-order valence-electron chi connectivity index (χ3n) is 3.75. The van der Waals surface area contributed by atoms with E-state index in [1.807, 2.05) is 0 Å². The van der Waals surface area contributed by atoms with Crippen LogP contribution in [0.2, 0.25) is 5.02 Å². The van der Waals surface area contributed by atoms with Gasteiger partial charge in [-0.3, -0.25) is 0 Å². The van der Waals surface area contributed by atoms with Crippen LogP contribution in [-0.2, 0) is 11.3 Å². The SMILES string of the molecule is CC(F)(F)c1ccc(C2(CN)CCC2)c(Cl)c1. The minimum absolute atomic E-state index is 0.0438. The van der Waals surface area contributed by atoms with E-state index in [4.69, 9.17) is 17.3 Å². The van der Waals surface area contributed by atoms with Crippen LogP contribution in [0.3, 0.4) is 0 Å². The summed E-state index contributed by atoms with van der Waals surface area (Å²) in [5, 5.41) is 0.411. The molecular formula is C13H16ClF2N. The molecule has 0 unspecified atom stereocenters. The second-order valence-corrected chi connectivity index (χ2v) is 5.33. The zero-order valence-corrected chi connectivity index (χ0v) is 10.5. The molecule has 0 saturated heterocycles. The van der Waals surface area contributed by atoms with Crippen molar-refractivity contribution in [2.75, 3.05) is 6.54 Å². The Morgan fingerprint density at radius 1 is 1.41 bits per heavy atom. The van der Waals surface area contributed by atoms with E-state index in [2.05, 4.69) is 0 Å². The summed E-state index contributed by atoms with van der Waals surface area (Å²) in [7, 11) is 0. The van der Waals surface area contributed by atoms with Crippen molar-refractivity contribution in [2.24, 2.45) is 5.73 Å². The lowest BCUT2D eigenvalue weighted by atomic mass is 9.64. The molecular weight excluding hydrogens is 244 g/mol. The van der Waals surface area contributed by atoms with Gasteiger partial charge in [-0.05, 0) is 24.5 Å². The average molecular weight is 260 g/mol. The van der Waals surface area contributed by atoms with E-state index in [1.165, 1.54) is 12.1 Å². The van der Waals surface area contributed by atoms with Gasteiger partial charge in [-0.15, -0.1) is 0 Å². The molecule has 1 aliphatic rings. The fraction of sp³-hybridized carbons (Fsp3) is 0.538. The molecule has 0 heterocycles. The van der Waals surface area contributed by atoms with Crippen molar-refractivity contribution in [3.63, 3.8) is 0 Å². The first-order valence-corrected chi connectivity index (χ1v) is 6.15. The number of rotatable bonds is 3. The number of hydrogen-bond donors (Lipinski definition) is 1. The Labute approximate surface area is 105 Å². The van der Waals surface area contributed by atoms with Gasteiger partial charge < -0.3 is 5.73 Å². The van der Waals surface area contributed by atoms with Crippen LogP contribution in [0, 0.1) is 0 Å². The Kier molecular flexibility index (Phi) is 3.17. The smallest absolute Gasteiger partial charge is 0.270 e. The molecule has 1 saturated carbocycles. The van der Waals surface area contributed by atoms with Crippen molar-refractivity contribution in [1.29, 1.82) is 0 Å². The highest BCUT2D eigenvalue weighted by molar-refractivity contribution is 6.31. The van der Waals surface area contributed by atoms with Crippen LogP contribution in [0.15, 0.2) is 18.2 Å². The van der Waals surface area contributed by atoms with Gasteiger partial charge in [0.2, 0.25) is 0 Å². The number of benzene rings is 1. The van der Waals surface area contributed by atoms with Crippen molar-refractivity contribution in [3.8, 4) is 0 Å². The first-order chi connectivity index (χ1) is 7.89. The van der Waals surface area contributed by atoms with Crippen LogP contribution in [-0.4, -0.2) is 6.54 Å². The van der Waals surface area contributed by atoms with Gasteiger partial charge in [0.05, 0.1) is 0 Å². The molecule has 0 aromatic heterocycles. The Bertz CT molecular complexity index is 416. The lowest BCUT2D eigenvalue weighted by Crippen LogP contribution is -2.41. The third-order valence-corrected chi connectivity index (χ3v) is 4.06. The van der Waals surface area contributed by atoms with Crippen molar-refractivity contribution >= 4 is 11.6 Å². The van der Waals surface area contributed by atoms with Gasteiger partial charge >= 0.3 is 0 Å². The topological polar surface area (TPSA) is 26.0 Å². The zero-order chi connectivity index (χ0) is 12.7. The van der Waals surface area contributed by atoms with Gasteiger partial charge in [-0.25, -0.2) is 8.78 Å². The molecule has 0 radical (unpaired) electrons. The van der Waals surface area contributed by atoms with Gasteiger partial charge in [-0.2, -0.15) is 0 Å². The monoisotopic (exact) mass is 259 g/mol. The van der Waals surface area contributed by atoms with Crippen LogP contribution in [0.1, 0.15) is 37.3 Å². The first kappa shape index (κ1) is 12.8. The lowest BCUT2D eigenvalue weighted by Gasteiger charge is -2.42. The maximum atomic E-state index is 13.2. The summed E-state index contributed by atoms with van der Waals surface area (Å²) in [6.07, 6.45) is 3.11. The molecule has 1 nitrogen and oxygen atoms in total. The van der Waals surface area contributed by atoms with E-state index in [9.17, 15) is 8.78 Å². The van der Waals surface area contributed by atoms with Crippen LogP contribution < -0.4 is 5.73 Å². The number of hydrogen-bond acceptors (Lipinski definition) is 1. The number of halogens is 3. The number of alkyl halides is 2. The van der Waals surface area contributed by atoms with Crippen molar-refractivity contribution in [1.82, 2.24) is 0 Å². The summed E-state index contributed by atoms with van der Waals surface area (Å²) in [6, 6.07) is 4.53. The summed E-state index contributed by atoms with van der Waals surface area (Å²) < 4.78 is 26.3. The van der Waals surface area contributed by atoms with Gasteiger partial charge in [0.25, 0.3) is 5.92 Å². The molecule has 1 fully saturated rings. The summed E-state index contributed by atoms with van der Waals surface area (Å²) in [5.41, 5.74) is 6.58. The Hall–Kier alpha value is -0.670. The summed E-state index contributed by atoms with van der Waals surface area (Å²) in [5.74, 6) is -2.85. The summed E-state index contributed by atoms with van der Waals surface area (Å²) in [4.78, 5) is 0. The molecule has 1 aromatic rings. The molecule has 1 aliphatic carbocycles. The highest BCUT2D eigenvalue weighted by Crippen LogP contribution is 2.46. The molecule has 94 valence electrons. The fourth-order valence-electron chi connectivity index (χ4n) is 2.41. The molecule has 0 amide bonds. The summed E-state index contributed by atoms with van der Waals surface area (Å²) >= 11 is 6.12. The van der Waals surface area contributed by atoms with E-state index in [0.717, 1.165) is 31.7 Å². The minimum atomic E-state index is -2.85. The Balaban J connectivity index is 2.38. The molecule has 0 spiro atoms. The van der Waals surface area contributed by atoms with E-state index in [0.29, 0.717) is 11.6 Å². The van der Waals surface area contributed by atoms with Gasteiger partial charge in [0.15, 0.2) is 0 Å². The Morgan fingerprint density at radius 2 is 2.06 bits per heavy atom. The van der Waals surface area contributed by atoms with E-state index in [1.54, 1.807) is 6.07 Å². The standard InChI is InChI=1S/C13H16ClF2N/c1-12(15,16)9-3-4-10(11(14)7-9)13(8-17)5-2-6-13/h3-4,7H,2,5-6,8,17H2,1H3. The molecule has 1 aromatic carbocycles. The largest absolute Gasteiger partial charge is 0.330 e. The quantitative estimate of drug-likeness (QED) is 0.877. The predicted molar refractivity (Wildman–Crippen MR) is 65.6 cm³/mol. The van der Waals surface area contributed by atoms with E-state index < -0.39 is 5.92 Å². The predicted octanol–water partition coefficient (Wildman–Crippen LogP) is 3.83. The maximum absolute atomic E-state index is 13.2. The van der Waals surface area contributed by atoms with Crippen molar-refractivity contribution in [3.05, 3.63) is 34.3 Å². The van der Waals surface area contributed by atoms with E-state index >= 15 is 0 Å². The fourth-order valence-corrected chi connectivity index (χ4v) is 2.79. The second-order valence-electron chi connectivity index (χ2n) is 4.92. The van der Waals surface area contributed by atoms with Crippen LogP contribution in [0.4, 0.5) is 8.78 Å². The zero-order valence-electron chi connectivity index (χ0n) is 9.77. The average Bonchev–Trinajstić information content (AvgIpc) is 2.17.